The number of thioether (sulfide) groups is 1. The van der Waals surface area contributed by atoms with E-state index in [4.69, 9.17) is 0 Å². The van der Waals surface area contributed by atoms with Crippen LogP contribution in [0.4, 0.5) is 0 Å². The topological polar surface area (TPSA) is 63.2 Å². The van der Waals surface area contributed by atoms with Gasteiger partial charge in [-0.2, -0.15) is 0 Å². The molecule has 2 amide bonds. The lowest BCUT2D eigenvalue weighted by atomic mass is 10.1. The molecule has 0 bridgehead atoms. The lowest BCUT2D eigenvalue weighted by Crippen LogP contribution is -2.31. The second-order valence-corrected chi connectivity index (χ2v) is 6.83. The summed E-state index contributed by atoms with van der Waals surface area (Å²) in [5, 5.41) is 1.86. The number of carbonyl (C=O) groups is 2. The summed E-state index contributed by atoms with van der Waals surface area (Å²) in [5.74, 6) is 0.864. The Morgan fingerprint density at radius 3 is 2.28 bits per heavy atom. The van der Waals surface area contributed by atoms with E-state index in [2.05, 4.69) is 9.97 Å². The highest BCUT2D eigenvalue weighted by Gasteiger charge is 2.34. The number of hydrogen-bond acceptors (Lipinski definition) is 5. The van der Waals surface area contributed by atoms with Gasteiger partial charge in [0.2, 0.25) is 0 Å². The largest absolute Gasteiger partial charge is 0.273 e. The summed E-state index contributed by atoms with van der Waals surface area (Å²) >= 11 is 1.54. The van der Waals surface area contributed by atoms with Gasteiger partial charge in [0.1, 0.15) is 10.9 Å². The van der Waals surface area contributed by atoms with Crippen LogP contribution >= 0.6 is 11.8 Å². The number of carbonyl (C=O) groups excluding carboxylic acids is 2. The number of aromatic nitrogens is 2. The quantitative estimate of drug-likeness (QED) is 0.411. The first kappa shape index (κ1) is 15.8. The summed E-state index contributed by atoms with van der Waals surface area (Å²) in [4.78, 5) is 35.0. The van der Waals surface area contributed by atoms with Crippen LogP contribution in [0.25, 0.3) is 10.9 Å². The summed E-state index contributed by atoms with van der Waals surface area (Å²) in [7, 11) is 0. The number of rotatable bonds is 4. The molecule has 124 valence electrons. The molecule has 6 heteroatoms. The minimum atomic E-state index is -0.218. The number of amides is 2. The van der Waals surface area contributed by atoms with E-state index >= 15 is 0 Å². The molecule has 0 spiro atoms. The first-order valence-corrected chi connectivity index (χ1v) is 8.95. The number of fused-ring (bicyclic) bond motifs is 2. The number of hydrogen-bond donors (Lipinski definition) is 0. The fourth-order valence-corrected chi connectivity index (χ4v) is 3.94. The second-order valence-electron chi connectivity index (χ2n) is 5.75. The molecule has 0 aliphatic carbocycles. The summed E-state index contributed by atoms with van der Waals surface area (Å²) < 4.78 is 0. The Hall–Kier alpha value is -2.73. The van der Waals surface area contributed by atoms with Gasteiger partial charge >= 0.3 is 0 Å². The van der Waals surface area contributed by atoms with Gasteiger partial charge in [-0.25, -0.2) is 9.97 Å². The van der Waals surface area contributed by atoms with Gasteiger partial charge < -0.3 is 0 Å². The molecule has 4 rings (SSSR count). The lowest BCUT2D eigenvalue weighted by molar-refractivity contribution is 0.0664. The minimum absolute atomic E-state index is 0.218. The molecule has 1 aliphatic rings. The zero-order valence-electron chi connectivity index (χ0n) is 13.6. The van der Waals surface area contributed by atoms with Crippen LogP contribution in [0.1, 0.15) is 26.5 Å². The molecule has 1 aliphatic heterocycles. The second kappa shape index (κ2) is 6.29. The molecule has 0 saturated heterocycles. The fraction of sp³-hybridized carbons (Fsp3) is 0.158. The average Bonchev–Trinajstić information content (AvgIpc) is 2.87. The first-order chi connectivity index (χ1) is 12.1. The van der Waals surface area contributed by atoms with Crippen LogP contribution in [0.15, 0.2) is 53.6 Å². The first-order valence-electron chi connectivity index (χ1n) is 7.96. The molecular weight excluding hydrogens is 334 g/mol. The van der Waals surface area contributed by atoms with Gasteiger partial charge in [-0.3, -0.25) is 14.5 Å². The van der Waals surface area contributed by atoms with Gasteiger partial charge in [-0.05, 0) is 25.1 Å². The molecule has 2 aromatic carbocycles. The van der Waals surface area contributed by atoms with E-state index < -0.39 is 0 Å². The van der Waals surface area contributed by atoms with Crippen LogP contribution in [0.5, 0.6) is 0 Å². The molecule has 0 unspecified atom stereocenters. The number of benzene rings is 2. The highest BCUT2D eigenvalue weighted by atomic mass is 32.2. The van der Waals surface area contributed by atoms with Crippen molar-refractivity contribution in [1.29, 1.82) is 0 Å². The predicted molar refractivity (Wildman–Crippen MR) is 96.8 cm³/mol. The molecule has 5 nitrogen and oxygen atoms in total. The summed E-state index contributed by atoms with van der Waals surface area (Å²) in [5.41, 5.74) is 1.87. The van der Waals surface area contributed by atoms with Gasteiger partial charge in [0.15, 0.2) is 0 Å². The standard InChI is InChI=1S/C19H15N3O2S/c1-12-20-16-9-5-4-8-15(16)17(21-12)25-11-10-22-18(23)13-6-2-3-7-14(13)19(22)24/h2-9H,10-11H2,1H3. The van der Waals surface area contributed by atoms with E-state index in [1.165, 1.54) is 16.7 Å². The van der Waals surface area contributed by atoms with Crippen molar-refractivity contribution in [3.63, 3.8) is 0 Å². The Morgan fingerprint density at radius 2 is 1.56 bits per heavy atom. The maximum Gasteiger partial charge on any atom is 0.261 e. The summed E-state index contributed by atoms with van der Waals surface area (Å²) in [6.45, 7) is 2.22. The Labute approximate surface area is 149 Å². The summed E-state index contributed by atoms with van der Waals surface area (Å²) in [6, 6.07) is 14.8. The molecule has 0 N–H and O–H groups in total. The molecule has 2 heterocycles. The van der Waals surface area contributed by atoms with Crippen molar-refractivity contribution in [1.82, 2.24) is 14.9 Å². The third-order valence-electron chi connectivity index (χ3n) is 4.11. The third kappa shape index (κ3) is 2.78. The Balaban J connectivity index is 1.51. The van der Waals surface area contributed by atoms with Crippen LogP contribution in [-0.2, 0) is 0 Å². The SMILES string of the molecule is Cc1nc(SCCN2C(=O)c3ccccc3C2=O)c2ccccc2n1. The van der Waals surface area contributed by atoms with Gasteiger partial charge in [0.25, 0.3) is 11.8 Å². The zero-order chi connectivity index (χ0) is 17.4. The number of aryl methyl sites for hydroxylation is 1. The van der Waals surface area contributed by atoms with Crippen molar-refractivity contribution in [3.8, 4) is 0 Å². The van der Waals surface area contributed by atoms with Gasteiger partial charge in [0, 0.05) is 17.7 Å². The number of imide groups is 1. The van der Waals surface area contributed by atoms with E-state index in [1.54, 1.807) is 24.3 Å². The van der Waals surface area contributed by atoms with Crippen LogP contribution in [0.2, 0.25) is 0 Å². The highest BCUT2D eigenvalue weighted by molar-refractivity contribution is 7.99. The van der Waals surface area contributed by atoms with E-state index in [0.29, 0.717) is 29.2 Å². The molecule has 0 saturated carbocycles. The monoisotopic (exact) mass is 349 g/mol. The van der Waals surface area contributed by atoms with Crippen LogP contribution in [0, 0.1) is 6.92 Å². The van der Waals surface area contributed by atoms with Gasteiger partial charge in [0.05, 0.1) is 16.6 Å². The zero-order valence-corrected chi connectivity index (χ0v) is 14.4. The maximum atomic E-state index is 12.4. The maximum absolute atomic E-state index is 12.4. The van der Waals surface area contributed by atoms with Crippen molar-refractivity contribution in [2.75, 3.05) is 12.3 Å². The highest BCUT2D eigenvalue weighted by Crippen LogP contribution is 2.27. The van der Waals surface area contributed by atoms with E-state index in [0.717, 1.165) is 15.9 Å². The van der Waals surface area contributed by atoms with Gasteiger partial charge in [-0.1, -0.05) is 30.3 Å². The molecule has 3 aromatic rings. The number of para-hydroxylation sites is 1. The Morgan fingerprint density at radius 1 is 0.920 bits per heavy atom. The van der Waals surface area contributed by atoms with Crippen molar-refractivity contribution in [2.45, 2.75) is 11.9 Å². The summed E-state index contributed by atoms with van der Waals surface area (Å²) in [6.07, 6.45) is 0. The number of nitrogens with zero attached hydrogens (tertiary/aromatic N) is 3. The van der Waals surface area contributed by atoms with Crippen molar-refractivity contribution >= 4 is 34.5 Å². The van der Waals surface area contributed by atoms with E-state index in [-0.39, 0.29) is 11.8 Å². The average molecular weight is 349 g/mol. The van der Waals surface area contributed by atoms with Crippen LogP contribution in [-0.4, -0.2) is 39.0 Å². The molecule has 1 aromatic heterocycles. The Kier molecular flexibility index (Phi) is 3.97. The molecule has 0 fully saturated rings. The lowest BCUT2D eigenvalue weighted by Gasteiger charge is -2.13. The molecule has 25 heavy (non-hydrogen) atoms. The molecule has 0 radical (unpaired) electrons. The normalized spacial score (nSPS) is 13.6. The van der Waals surface area contributed by atoms with Crippen LogP contribution in [0.3, 0.4) is 0 Å². The Bertz CT molecular complexity index is 968. The molecular formula is C19H15N3O2S. The van der Waals surface area contributed by atoms with Crippen molar-refractivity contribution in [2.24, 2.45) is 0 Å². The third-order valence-corrected chi connectivity index (χ3v) is 5.08. The molecule has 0 atom stereocenters. The predicted octanol–water partition coefficient (Wildman–Crippen LogP) is 3.33. The van der Waals surface area contributed by atoms with Gasteiger partial charge in [-0.15, -0.1) is 11.8 Å². The smallest absolute Gasteiger partial charge is 0.261 e. The van der Waals surface area contributed by atoms with E-state index in [1.807, 2.05) is 31.2 Å². The minimum Gasteiger partial charge on any atom is -0.273 e. The van der Waals surface area contributed by atoms with Crippen LogP contribution < -0.4 is 0 Å². The fourth-order valence-electron chi connectivity index (χ4n) is 2.94. The van der Waals surface area contributed by atoms with Crippen molar-refractivity contribution < 1.29 is 9.59 Å². The van der Waals surface area contributed by atoms with E-state index in [9.17, 15) is 9.59 Å². The van der Waals surface area contributed by atoms with Crippen molar-refractivity contribution in [3.05, 3.63) is 65.5 Å².